The van der Waals surface area contributed by atoms with Gasteiger partial charge in [0.05, 0.1) is 16.7 Å². The van der Waals surface area contributed by atoms with Gasteiger partial charge < -0.3 is 0 Å². The lowest BCUT2D eigenvalue weighted by Crippen LogP contribution is -2.00. The minimum atomic E-state index is 0.533. The summed E-state index contributed by atoms with van der Waals surface area (Å²) in [6.45, 7) is 0. The van der Waals surface area contributed by atoms with Crippen molar-refractivity contribution >= 4 is 70.4 Å². The molecule has 0 N–H and O–H groups in total. The molecule has 0 unspecified atom stereocenters. The lowest BCUT2D eigenvalue weighted by atomic mass is 9.99. The minimum Gasteiger partial charge on any atom is -0.278 e. The van der Waals surface area contributed by atoms with Crippen LogP contribution in [0.5, 0.6) is 0 Å². The van der Waals surface area contributed by atoms with Crippen LogP contribution in [0.15, 0.2) is 114 Å². The van der Waals surface area contributed by atoms with E-state index in [-0.39, 0.29) is 0 Å². The molecule has 178 valence electrons. The molecule has 4 aromatic heterocycles. The van der Waals surface area contributed by atoms with Gasteiger partial charge in [0.2, 0.25) is 0 Å². The SMILES string of the molecule is Brc1nc(-c2cccc3ccccc23)c2ccc3ccc(-n4c5ccccc5c5cccnc54)nc3c2n1. The maximum atomic E-state index is 5.20. The monoisotopic (exact) mass is 551 g/mol. The minimum absolute atomic E-state index is 0.533. The Hall–Kier alpha value is -4.68. The van der Waals surface area contributed by atoms with Crippen molar-refractivity contribution in [2.45, 2.75) is 0 Å². The predicted octanol–water partition coefficient (Wildman–Crippen LogP) is 8.25. The molecule has 6 heteroatoms. The molecule has 0 saturated heterocycles. The molecular weight excluding hydrogens is 534 g/mol. The van der Waals surface area contributed by atoms with Gasteiger partial charge in [-0.3, -0.25) is 4.57 Å². The van der Waals surface area contributed by atoms with Crippen LogP contribution < -0.4 is 0 Å². The first-order valence-corrected chi connectivity index (χ1v) is 13.2. The summed E-state index contributed by atoms with van der Waals surface area (Å²) in [4.78, 5) is 19.6. The van der Waals surface area contributed by atoms with Crippen LogP contribution in [0.3, 0.4) is 0 Å². The first kappa shape index (κ1) is 21.4. The number of para-hydroxylation sites is 1. The van der Waals surface area contributed by atoms with Crippen molar-refractivity contribution in [2.24, 2.45) is 0 Å². The van der Waals surface area contributed by atoms with Gasteiger partial charge in [-0.25, -0.2) is 19.9 Å². The molecular formula is C32H18BrN5. The zero-order valence-corrected chi connectivity index (χ0v) is 21.6. The molecule has 5 nitrogen and oxygen atoms in total. The fourth-order valence-electron chi connectivity index (χ4n) is 5.53. The number of pyridine rings is 2. The zero-order chi connectivity index (χ0) is 25.2. The van der Waals surface area contributed by atoms with Gasteiger partial charge in [-0.2, -0.15) is 0 Å². The van der Waals surface area contributed by atoms with E-state index in [9.17, 15) is 0 Å². The molecule has 0 radical (unpaired) electrons. The third kappa shape index (κ3) is 3.10. The van der Waals surface area contributed by atoms with Crippen molar-refractivity contribution in [3.8, 4) is 17.1 Å². The van der Waals surface area contributed by atoms with Gasteiger partial charge in [-0.05, 0) is 63.1 Å². The number of hydrogen-bond acceptors (Lipinski definition) is 4. The van der Waals surface area contributed by atoms with Crippen LogP contribution in [0.1, 0.15) is 0 Å². The summed E-state index contributed by atoms with van der Waals surface area (Å²) in [5, 5.41) is 6.56. The Morgan fingerprint density at radius 2 is 1.34 bits per heavy atom. The second-order valence-corrected chi connectivity index (χ2v) is 10.0. The van der Waals surface area contributed by atoms with E-state index in [2.05, 4.69) is 118 Å². The van der Waals surface area contributed by atoms with E-state index in [0.717, 1.165) is 66.2 Å². The Morgan fingerprint density at radius 1 is 0.553 bits per heavy atom. The molecule has 0 bridgehead atoms. The topological polar surface area (TPSA) is 56.5 Å². The van der Waals surface area contributed by atoms with E-state index >= 15 is 0 Å². The summed E-state index contributed by atoms with van der Waals surface area (Å²) in [6, 6.07) is 35.5. The Labute approximate surface area is 225 Å². The molecule has 38 heavy (non-hydrogen) atoms. The largest absolute Gasteiger partial charge is 0.278 e. The average Bonchev–Trinajstić information content (AvgIpc) is 3.30. The summed E-state index contributed by atoms with van der Waals surface area (Å²) in [7, 11) is 0. The highest BCUT2D eigenvalue weighted by molar-refractivity contribution is 9.10. The van der Waals surface area contributed by atoms with Crippen LogP contribution in [0.4, 0.5) is 0 Å². The summed E-state index contributed by atoms with van der Waals surface area (Å²) in [5.41, 5.74) is 5.53. The van der Waals surface area contributed by atoms with Gasteiger partial charge in [0.15, 0.2) is 4.73 Å². The lowest BCUT2D eigenvalue weighted by Gasteiger charge is -2.12. The number of aromatic nitrogens is 5. The van der Waals surface area contributed by atoms with Crippen molar-refractivity contribution in [1.82, 2.24) is 24.5 Å². The summed E-state index contributed by atoms with van der Waals surface area (Å²) in [6.07, 6.45) is 1.83. The number of benzene rings is 4. The first-order valence-electron chi connectivity index (χ1n) is 12.4. The highest BCUT2D eigenvalue weighted by atomic mass is 79.9. The first-order chi connectivity index (χ1) is 18.8. The molecule has 4 aromatic carbocycles. The number of rotatable bonds is 2. The normalized spacial score (nSPS) is 11.8. The van der Waals surface area contributed by atoms with Crippen LogP contribution >= 0.6 is 15.9 Å². The lowest BCUT2D eigenvalue weighted by molar-refractivity contribution is 1.07. The maximum absolute atomic E-state index is 5.20. The van der Waals surface area contributed by atoms with Crippen LogP contribution in [-0.2, 0) is 0 Å². The molecule has 0 aliphatic rings. The zero-order valence-electron chi connectivity index (χ0n) is 20.0. The highest BCUT2D eigenvalue weighted by Gasteiger charge is 2.17. The molecule has 4 heterocycles. The Bertz CT molecular complexity index is 2160. The van der Waals surface area contributed by atoms with E-state index < -0.39 is 0 Å². The quantitative estimate of drug-likeness (QED) is 0.160. The number of nitrogens with zero attached hydrogens (tertiary/aromatic N) is 5. The molecule has 8 aromatic rings. The van der Waals surface area contributed by atoms with Crippen LogP contribution in [-0.4, -0.2) is 24.5 Å². The average molecular weight is 552 g/mol. The van der Waals surface area contributed by atoms with Gasteiger partial charge in [0, 0.05) is 33.3 Å². The van der Waals surface area contributed by atoms with E-state index in [0.29, 0.717) is 4.73 Å². The van der Waals surface area contributed by atoms with Crippen molar-refractivity contribution in [1.29, 1.82) is 0 Å². The second-order valence-electron chi connectivity index (χ2n) is 9.30. The standard InChI is InChI=1S/C32H18BrN5/c33-32-36-29(23-11-5-8-19-7-1-2-9-21(19)23)25-16-14-20-15-17-27(35-28(20)30(25)37-32)38-26-13-4-3-10-22(26)24-12-6-18-34-31(24)38/h1-18H. The summed E-state index contributed by atoms with van der Waals surface area (Å²) >= 11 is 3.59. The third-order valence-corrected chi connectivity index (χ3v) is 7.55. The molecule has 0 aliphatic heterocycles. The summed E-state index contributed by atoms with van der Waals surface area (Å²) < 4.78 is 2.66. The Kier molecular flexibility index (Phi) is 4.60. The van der Waals surface area contributed by atoms with Gasteiger partial charge in [-0.15, -0.1) is 0 Å². The van der Waals surface area contributed by atoms with Crippen molar-refractivity contribution in [2.75, 3.05) is 0 Å². The van der Waals surface area contributed by atoms with Gasteiger partial charge in [-0.1, -0.05) is 66.7 Å². The third-order valence-electron chi connectivity index (χ3n) is 7.19. The van der Waals surface area contributed by atoms with Crippen LogP contribution in [0.25, 0.3) is 71.6 Å². The van der Waals surface area contributed by atoms with E-state index in [1.54, 1.807) is 0 Å². The van der Waals surface area contributed by atoms with Gasteiger partial charge >= 0.3 is 0 Å². The van der Waals surface area contributed by atoms with E-state index in [1.807, 2.05) is 12.3 Å². The fraction of sp³-hybridized carbons (Fsp3) is 0. The molecule has 0 saturated carbocycles. The van der Waals surface area contributed by atoms with E-state index in [1.165, 1.54) is 5.39 Å². The Morgan fingerprint density at radius 3 is 2.29 bits per heavy atom. The summed E-state index contributed by atoms with van der Waals surface area (Å²) in [5.74, 6) is 0.802. The predicted molar refractivity (Wildman–Crippen MR) is 158 cm³/mol. The Balaban J connectivity index is 1.45. The maximum Gasteiger partial charge on any atom is 0.197 e. The van der Waals surface area contributed by atoms with Crippen molar-refractivity contribution < 1.29 is 0 Å². The van der Waals surface area contributed by atoms with Gasteiger partial charge in [0.1, 0.15) is 17.0 Å². The van der Waals surface area contributed by atoms with Crippen LogP contribution in [0.2, 0.25) is 0 Å². The molecule has 0 fully saturated rings. The van der Waals surface area contributed by atoms with Crippen molar-refractivity contribution in [3.63, 3.8) is 0 Å². The highest BCUT2D eigenvalue weighted by Crippen LogP contribution is 2.36. The molecule has 8 rings (SSSR count). The molecule has 0 spiro atoms. The molecule has 0 atom stereocenters. The van der Waals surface area contributed by atoms with Gasteiger partial charge in [0.25, 0.3) is 0 Å². The van der Waals surface area contributed by atoms with E-state index in [4.69, 9.17) is 19.9 Å². The number of hydrogen-bond donors (Lipinski definition) is 0. The van der Waals surface area contributed by atoms with Crippen molar-refractivity contribution in [3.05, 3.63) is 114 Å². The molecule has 0 aliphatic carbocycles. The van der Waals surface area contributed by atoms with Crippen LogP contribution in [0, 0.1) is 0 Å². The second kappa shape index (κ2) is 8.16. The smallest absolute Gasteiger partial charge is 0.197 e. The number of fused-ring (bicyclic) bond motifs is 7. The molecule has 0 amide bonds. The fourth-order valence-corrected chi connectivity index (χ4v) is 5.88. The number of halogens is 1.